The van der Waals surface area contributed by atoms with Crippen molar-refractivity contribution >= 4 is 12.1 Å². The molecule has 0 aromatic heterocycles. The van der Waals surface area contributed by atoms with Crippen LogP contribution in [-0.2, 0) is 11.2 Å². The van der Waals surface area contributed by atoms with Crippen LogP contribution < -0.4 is 10.6 Å². The van der Waals surface area contributed by atoms with Gasteiger partial charge in [-0.05, 0) is 43.9 Å². The molecule has 0 spiro atoms. The van der Waals surface area contributed by atoms with Crippen molar-refractivity contribution in [1.82, 2.24) is 15.5 Å². The van der Waals surface area contributed by atoms with Gasteiger partial charge in [0.05, 0.1) is 6.61 Å². The van der Waals surface area contributed by atoms with Crippen LogP contribution >= 0.6 is 0 Å². The van der Waals surface area contributed by atoms with Gasteiger partial charge < -0.3 is 20.3 Å². The lowest BCUT2D eigenvalue weighted by Crippen LogP contribution is -2.49. The zero-order valence-electron chi connectivity index (χ0n) is 13.9. The summed E-state index contributed by atoms with van der Waals surface area (Å²) < 4.78 is 18.0. The summed E-state index contributed by atoms with van der Waals surface area (Å²) in [4.78, 5) is 25.1. The normalized spacial score (nSPS) is 15.0. The number of benzene rings is 1. The smallest absolute Gasteiger partial charge is 0.409 e. The molecule has 3 amide bonds. The summed E-state index contributed by atoms with van der Waals surface area (Å²) in [7, 11) is 0. The fourth-order valence-electron chi connectivity index (χ4n) is 2.67. The van der Waals surface area contributed by atoms with Crippen LogP contribution in [0.2, 0.25) is 0 Å². The van der Waals surface area contributed by atoms with E-state index >= 15 is 0 Å². The molecule has 1 saturated heterocycles. The molecule has 1 aliphatic rings. The molecule has 1 aliphatic heterocycles. The maximum Gasteiger partial charge on any atom is 0.409 e. The molecule has 7 heteroatoms. The van der Waals surface area contributed by atoms with E-state index in [0.717, 1.165) is 5.56 Å². The fourth-order valence-corrected chi connectivity index (χ4v) is 2.67. The van der Waals surface area contributed by atoms with E-state index in [9.17, 15) is 14.0 Å². The van der Waals surface area contributed by atoms with Crippen LogP contribution in [0.1, 0.15) is 25.3 Å². The molecule has 0 atom stereocenters. The van der Waals surface area contributed by atoms with Crippen LogP contribution in [0.4, 0.5) is 14.0 Å². The molecule has 0 aliphatic carbocycles. The molecule has 0 bridgehead atoms. The van der Waals surface area contributed by atoms with Gasteiger partial charge in [0.1, 0.15) is 5.82 Å². The number of hydrogen-bond donors (Lipinski definition) is 2. The molecule has 24 heavy (non-hydrogen) atoms. The number of halogens is 1. The van der Waals surface area contributed by atoms with Gasteiger partial charge in [0, 0.05) is 25.7 Å². The fraction of sp³-hybridized carbons (Fsp3) is 0.529. The molecule has 132 valence electrons. The first-order valence-corrected chi connectivity index (χ1v) is 8.29. The van der Waals surface area contributed by atoms with Crippen molar-refractivity contribution in [3.05, 3.63) is 35.6 Å². The number of ether oxygens (including phenoxy) is 1. The SMILES string of the molecule is CCOC(=O)N1CCC(NC(=O)NCCc2cccc(F)c2)CC1. The van der Waals surface area contributed by atoms with E-state index in [1.54, 1.807) is 17.9 Å². The first-order chi connectivity index (χ1) is 11.6. The maximum atomic E-state index is 13.1. The lowest BCUT2D eigenvalue weighted by atomic mass is 10.1. The van der Waals surface area contributed by atoms with E-state index in [2.05, 4.69) is 10.6 Å². The Labute approximate surface area is 141 Å². The zero-order valence-corrected chi connectivity index (χ0v) is 13.9. The van der Waals surface area contributed by atoms with Crippen molar-refractivity contribution in [2.75, 3.05) is 26.2 Å². The standard InChI is InChI=1S/C17H24FN3O3/c1-2-24-17(23)21-10-7-15(8-11-21)20-16(22)19-9-6-13-4-3-5-14(18)12-13/h3-5,12,15H,2,6-11H2,1H3,(H2,19,20,22). The lowest BCUT2D eigenvalue weighted by molar-refractivity contribution is 0.0957. The molecular formula is C17H24FN3O3. The zero-order chi connectivity index (χ0) is 17.4. The minimum atomic E-state index is -0.296. The Kier molecular flexibility index (Phi) is 6.84. The number of rotatable bonds is 5. The number of urea groups is 1. The highest BCUT2D eigenvalue weighted by Gasteiger charge is 2.24. The number of piperidine rings is 1. The van der Waals surface area contributed by atoms with Crippen LogP contribution in [0.15, 0.2) is 24.3 Å². The minimum Gasteiger partial charge on any atom is -0.450 e. The Morgan fingerprint density at radius 3 is 2.75 bits per heavy atom. The van der Waals surface area contributed by atoms with Gasteiger partial charge in [-0.15, -0.1) is 0 Å². The second-order valence-electron chi connectivity index (χ2n) is 5.74. The molecule has 0 unspecified atom stereocenters. The van der Waals surface area contributed by atoms with Crippen molar-refractivity contribution < 1.29 is 18.7 Å². The van der Waals surface area contributed by atoms with Crippen LogP contribution in [0, 0.1) is 5.82 Å². The van der Waals surface area contributed by atoms with Crippen molar-refractivity contribution in [3.8, 4) is 0 Å². The van der Waals surface area contributed by atoms with Crippen LogP contribution in [0.25, 0.3) is 0 Å². The second-order valence-corrected chi connectivity index (χ2v) is 5.74. The van der Waals surface area contributed by atoms with Gasteiger partial charge in [0.2, 0.25) is 0 Å². The van der Waals surface area contributed by atoms with Crippen molar-refractivity contribution in [3.63, 3.8) is 0 Å². The Bertz CT molecular complexity index is 560. The predicted octanol–water partition coefficient (Wildman–Crippen LogP) is 2.29. The van der Waals surface area contributed by atoms with Gasteiger partial charge in [-0.1, -0.05) is 12.1 Å². The third-order valence-electron chi connectivity index (χ3n) is 3.94. The van der Waals surface area contributed by atoms with Crippen LogP contribution in [0.3, 0.4) is 0 Å². The highest BCUT2D eigenvalue weighted by molar-refractivity contribution is 5.74. The lowest BCUT2D eigenvalue weighted by Gasteiger charge is -2.31. The van der Waals surface area contributed by atoms with E-state index < -0.39 is 0 Å². The van der Waals surface area contributed by atoms with E-state index in [-0.39, 0.29) is 24.0 Å². The van der Waals surface area contributed by atoms with Gasteiger partial charge in [-0.3, -0.25) is 0 Å². The summed E-state index contributed by atoms with van der Waals surface area (Å²) in [6.07, 6.45) is 1.69. The molecule has 2 rings (SSSR count). The van der Waals surface area contributed by atoms with Gasteiger partial charge in [-0.25, -0.2) is 14.0 Å². The molecule has 1 aromatic carbocycles. The Morgan fingerprint density at radius 2 is 2.08 bits per heavy atom. The summed E-state index contributed by atoms with van der Waals surface area (Å²) in [6.45, 7) is 3.74. The van der Waals surface area contributed by atoms with Crippen molar-refractivity contribution in [1.29, 1.82) is 0 Å². The quantitative estimate of drug-likeness (QED) is 0.866. The average molecular weight is 337 g/mol. The monoisotopic (exact) mass is 337 g/mol. The van der Waals surface area contributed by atoms with E-state index in [1.807, 2.05) is 6.07 Å². The molecule has 2 N–H and O–H groups in total. The summed E-state index contributed by atoms with van der Waals surface area (Å²) in [5.74, 6) is -0.273. The highest BCUT2D eigenvalue weighted by atomic mass is 19.1. The van der Waals surface area contributed by atoms with Crippen LogP contribution in [0.5, 0.6) is 0 Å². The molecule has 1 fully saturated rings. The summed E-state index contributed by atoms with van der Waals surface area (Å²) >= 11 is 0. The first kappa shape index (κ1) is 18.0. The number of likely N-dealkylation sites (tertiary alicyclic amines) is 1. The number of nitrogens with zero attached hydrogens (tertiary/aromatic N) is 1. The summed E-state index contributed by atoms with van der Waals surface area (Å²) in [5.41, 5.74) is 0.845. The van der Waals surface area contributed by atoms with Crippen molar-refractivity contribution in [2.45, 2.75) is 32.2 Å². The number of carbonyl (C=O) groups excluding carboxylic acids is 2. The van der Waals surface area contributed by atoms with Gasteiger partial charge in [0.25, 0.3) is 0 Å². The van der Waals surface area contributed by atoms with E-state index in [1.165, 1.54) is 12.1 Å². The maximum absolute atomic E-state index is 13.1. The predicted molar refractivity (Wildman–Crippen MR) is 88.3 cm³/mol. The summed E-state index contributed by atoms with van der Waals surface area (Å²) in [5, 5.41) is 5.68. The number of hydrogen-bond acceptors (Lipinski definition) is 3. The second kappa shape index (κ2) is 9.10. The topological polar surface area (TPSA) is 70.7 Å². The van der Waals surface area contributed by atoms with Gasteiger partial charge in [0.15, 0.2) is 0 Å². The molecule has 0 radical (unpaired) electrons. The highest BCUT2D eigenvalue weighted by Crippen LogP contribution is 2.11. The summed E-state index contributed by atoms with van der Waals surface area (Å²) in [6, 6.07) is 6.15. The molecule has 6 nitrogen and oxygen atoms in total. The first-order valence-electron chi connectivity index (χ1n) is 8.29. The Morgan fingerprint density at radius 1 is 1.33 bits per heavy atom. The third kappa shape index (κ3) is 5.72. The molecule has 0 saturated carbocycles. The molecule has 1 aromatic rings. The minimum absolute atomic E-state index is 0.0462. The number of carbonyl (C=O) groups is 2. The average Bonchev–Trinajstić information content (AvgIpc) is 2.56. The Hall–Kier alpha value is -2.31. The molecular weight excluding hydrogens is 313 g/mol. The van der Waals surface area contributed by atoms with Crippen LogP contribution in [-0.4, -0.2) is 49.3 Å². The third-order valence-corrected chi connectivity index (χ3v) is 3.94. The molecule has 1 heterocycles. The Balaban J connectivity index is 1.64. The number of amides is 3. The van der Waals surface area contributed by atoms with E-state index in [0.29, 0.717) is 45.5 Å². The van der Waals surface area contributed by atoms with Gasteiger partial charge in [-0.2, -0.15) is 0 Å². The number of nitrogens with one attached hydrogen (secondary N) is 2. The van der Waals surface area contributed by atoms with E-state index in [4.69, 9.17) is 4.74 Å². The van der Waals surface area contributed by atoms with Gasteiger partial charge >= 0.3 is 12.1 Å². The largest absolute Gasteiger partial charge is 0.450 e. The van der Waals surface area contributed by atoms with Crippen molar-refractivity contribution in [2.24, 2.45) is 0 Å².